The number of nitrogen functional groups attached to an aromatic ring is 1. The monoisotopic (exact) mass is 303 g/mol. The van der Waals surface area contributed by atoms with Crippen molar-refractivity contribution in [3.05, 3.63) is 11.8 Å². The molecule has 0 spiro atoms. The number of hydrogen-bond acceptors (Lipinski definition) is 5. The van der Waals surface area contributed by atoms with Crippen molar-refractivity contribution in [1.29, 1.82) is 0 Å². The first-order valence-electron chi connectivity index (χ1n) is 6.48. The van der Waals surface area contributed by atoms with Gasteiger partial charge in [0.2, 0.25) is 11.9 Å². The third-order valence-electron chi connectivity index (χ3n) is 3.24. The molecule has 1 aliphatic rings. The number of anilines is 2. The van der Waals surface area contributed by atoms with E-state index >= 15 is 0 Å². The Kier molecular flexibility index (Phi) is 4.19. The topological polar surface area (TPSA) is 75.4 Å². The molecule has 1 saturated heterocycles. The summed E-state index contributed by atoms with van der Waals surface area (Å²) in [6, 6.07) is 0.785. The molecular weight excluding hydrogens is 287 g/mol. The molecule has 2 heterocycles. The number of carbonyl (C=O) groups excluding carboxylic acids is 1. The maximum Gasteiger partial charge on any atom is 0.433 e. The molecule has 1 aliphatic heterocycles. The number of nitrogens with zero attached hydrogens (tertiary/aromatic N) is 4. The Labute approximate surface area is 119 Å². The Hall–Kier alpha value is -2.06. The lowest BCUT2D eigenvalue weighted by Gasteiger charge is -2.22. The zero-order chi connectivity index (χ0) is 15.6. The van der Waals surface area contributed by atoms with E-state index in [2.05, 4.69) is 9.97 Å². The average molecular weight is 303 g/mol. The minimum atomic E-state index is -4.61. The van der Waals surface area contributed by atoms with Gasteiger partial charge in [0, 0.05) is 26.2 Å². The van der Waals surface area contributed by atoms with E-state index in [0.29, 0.717) is 13.1 Å². The molecular formula is C12H16F3N5O. The summed E-state index contributed by atoms with van der Waals surface area (Å²) >= 11 is 0. The van der Waals surface area contributed by atoms with E-state index in [-0.39, 0.29) is 18.3 Å². The highest BCUT2D eigenvalue weighted by atomic mass is 19.4. The van der Waals surface area contributed by atoms with Crippen LogP contribution in [-0.2, 0) is 11.0 Å². The Balaban J connectivity index is 2.13. The van der Waals surface area contributed by atoms with Gasteiger partial charge in [0.15, 0.2) is 5.69 Å². The lowest BCUT2D eigenvalue weighted by molar-refractivity contribution is -0.141. The maximum atomic E-state index is 12.7. The van der Waals surface area contributed by atoms with Crippen molar-refractivity contribution in [3.8, 4) is 0 Å². The Morgan fingerprint density at radius 2 is 2.00 bits per heavy atom. The third-order valence-corrected chi connectivity index (χ3v) is 3.24. The van der Waals surface area contributed by atoms with Gasteiger partial charge < -0.3 is 15.5 Å². The quantitative estimate of drug-likeness (QED) is 0.906. The largest absolute Gasteiger partial charge is 0.433 e. The molecule has 0 radical (unpaired) electrons. The highest BCUT2D eigenvalue weighted by molar-refractivity contribution is 5.81. The van der Waals surface area contributed by atoms with E-state index in [4.69, 9.17) is 5.73 Å². The third kappa shape index (κ3) is 3.73. The van der Waals surface area contributed by atoms with Gasteiger partial charge in [-0.1, -0.05) is 0 Å². The molecule has 2 N–H and O–H groups in total. The molecule has 9 heteroatoms. The van der Waals surface area contributed by atoms with Crippen LogP contribution in [0.25, 0.3) is 0 Å². The summed E-state index contributed by atoms with van der Waals surface area (Å²) in [6.07, 6.45) is -2.70. The van der Waals surface area contributed by atoms with Gasteiger partial charge in [-0.3, -0.25) is 4.79 Å². The van der Waals surface area contributed by atoms with Crippen LogP contribution in [0.5, 0.6) is 0 Å². The molecule has 2 rings (SSSR count). The van der Waals surface area contributed by atoms with Crippen molar-refractivity contribution in [2.24, 2.45) is 0 Å². The lowest BCUT2D eigenvalue weighted by Crippen LogP contribution is -2.37. The van der Waals surface area contributed by atoms with E-state index < -0.39 is 17.8 Å². The highest BCUT2D eigenvalue weighted by Gasteiger charge is 2.34. The van der Waals surface area contributed by atoms with Crippen molar-refractivity contribution < 1.29 is 18.0 Å². The number of carbonyl (C=O) groups is 1. The summed E-state index contributed by atoms with van der Waals surface area (Å²) in [6.45, 7) is 1.33. The first-order valence-corrected chi connectivity index (χ1v) is 6.48. The Morgan fingerprint density at radius 3 is 2.57 bits per heavy atom. The van der Waals surface area contributed by atoms with Gasteiger partial charge in [0.05, 0.1) is 6.54 Å². The minimum absolute atomic E-state index is 0.0256. The molecule has 0 bridgehead atoms. The van der Waals surface area contributed by atoms with Gasteiger partial charge in [0.1, 0.15) is 5.82 Å². The summed E-state index contributed by atoms with van der Waals surface area (Å²) in [4.78, 5) is 21.9. The van der Waals surface area contributed by atoms with E-state index in [0.717, 1.165) is 18.9 Å². The number of amides is 1. The van der Waals surface area contributed by atoms with Gasteiger partial charge >= 0.3 is 6.18 Å². The second kappa shape index (κ2) is 5.74. The molecule has 1 aromatic rings. The number of hydrogen-bond donors (Lipinski definition) is 1. The minimum Gasteiger partial charge on any atom is -0.368 e. The summed E-state index contributed by atoms with van der Waals surface area (Å²) < 4.78 is 38.0. The van der Waals surface area contributed by atoms with Gasteiger partial charge in [-0.05, 0) is 12.8 Å². The molecule has 116 valence electrons. The molecule has 21 heavy (non-hydrogen) atoms. The summed E-state index contributed by atoms with van der Waals surface area (Å²) in [5, 5.41) is 0. The fourth-order valence-electron chi connectivity index (χ4n) is 2.14. The van der Waals surface area contributed by atoms with Gasteiger partial charge in [0.25, 0.3) is 0 Å². The zero-order valence-corrected chi connectivity index (χ0v) is 11.5. The molecule has 0 aromatic carbocycles. The van der Waals surface area contributed by atoms with Gasteiger partial charge in [-0.25, -0.2) is 4.98 Å². The Bertz CT molecular complexity index is 528. The van der Waals surface area contributed by atoms with E-state index in [9.17, 15) is 18.0 Å². The van der Waals surface area contributed by atoms with E-state index in [1.807, 2.05) is 0 Å². The van der Waals surface area contributed by atoms with E-state index in [1.165, 1.54) is 11.9 Å². The van der Waals surface area contributed by atoms with Crippen LogP contribution < -0.4 is 10.6 Å². The number of likely N-dealkylation sites (tertiary alicyclic amines) is 1. The van der Waals surface area contributed by atoms with Crippen LogP contribution in [0.3, 0.4) is 0 Å². The van der Waals surface area contributed by atoms with Crippen molar-refractivity contribution >= 4 is 17.7 Å². The van der Waals surface area contributed by atoms with Crippen LogP contribution in [-0.4, -0.2) is 47.5 Å². The second-order valence-corrected chi connectivity index (χ2v) is 4.91. The first-order chi connectivity index (χ1) is 9.77. The molecule has 1 fully saturated rings. The predicted molar refractivity (Wildman–Crippen MR) is 70.5 cm³/mol. The summed E-state index contributed by atoms with van der Waals surface area (Å²) in [5.41, 5.74) is 4.18. The SMILES string of the molecule is CN(CC(=O)N1CCCC1)c1cc(C(F)(F)F)nc(N)n1. The molecule has 1 amide bonds. The smallest absolute Gasteiger partial charge is 0.368 e. The van der Waals surface area contributed by atoms with Gasteiger partial charge in [-0.2, -0.15) is 18.2 Å². The molecule has 6 nitrogen and oxygen atoms in total. The van der Waals surface area contributed by atoms with Crippen LogP contribution in [0.2, 0.25) is 0 Å². The van der Waals surface area contributed by atoms with Gasteiger partial charge in [-0.15, -0.1) is 0 Å². The zero-order valence-electron chi connectivity index (χ0n) is 11.5. The lowest BCUT2D eigenvalue weighted by atomic mass is 10.3. The molecule has 0 atom stereocenters. The van der Waals surface area contributed by atoms with Crippen LogP contribution >= 0.6 is 0 Å². The normalized spacial score (nSPS) is 15.3. The summed E-state index contributed by atoms with van der Waals surface area (Å²) in [7, 11) is 1.50. The molecule has 1 aromatic heterocycles. The Morgan fingerprint density at radius 1 is 1.38 bits per heavy atom. The highest BCUT2D eigenvalue weighted by Crippen LogP contribution is 2.29. The fraction of sp³-hybridized carbons (Fsp3) is 0.583. The van der Waals surface area contributed by atoms with Crippen LogP contribution in [0.4, 0.5) is 24.9 Å². The van der Waals surface area contributed by atoms with Crippen molar-refractivity contribution in [1.82, 2.24) is 14.9 Å². The molecule has 0 unspecified atom stereocenters. The molecule has 0 saturated carbocycles. The standard InChI is InChI=1S/C12H16F3N5O/c1-19(7-10(21)20-4-2-3-5-20)9-6-8(12(13,14)15)17-11(16)18-9/h6H,2-5,7H2,1H3,(H2,16,17,18). The first kappa shape index (κ1) is 15.3. The second-order valence-electron chi connectivity index (χ2n) is 4.91. The average Bonchev–Trinajstić information content (AvgIpc) is 2.90. The number of halogens is 3. The fourth-order valence-corrected chi connectivity index (χ4v) is 2.14. The molecule has 0 aliphatic carbocycles. The van der Waals surface area contributed by atoms with Crippen LogP contribution in [0, 0.1) is 0 Å². The van der Waals surface area contributed by atoms with Crippen LogP contribution in [0.1, 0.15) is 18.5 Å². The number of alkyl halides is 3. The van der Waals surface area contributed by atoms with Crippen molar-refractivity contribution in [3.63, 3.8) is 0 Å². The van der Waals surface area contributed by atoms with Crippen LogP contribution in [0.15, 0.2) is 6.07 Å². The predicted octanol–water partition coefficient (Wildman–Crippen LogP) is 1.14. The van der Waals surface area contributed by atoms with Crippen molar-refractivity contribution in [2.45, 2.75) is 19.0 Å². The van der Waals surface area contributed by atoms with Crippen molar-refractivity contribution in [2.75, 3.05) is 37.3 Å². The maximum absolute atomic E-state index is 12.7. The van der Waals surface area contributed by atoms with E-state index in [1.54, 1.807) is 4.90 Å². The number of nitrogens with two attached hydrogens (primary N) is 1. The number of rotatable bonds is 3. The number of likely N-dealkylation sites (N-methyl/N-ethyl adjacent to an activating group) is 1. The summed E-state index contributed by atoms with van der Waals surface area (Å²) in [5.74, 6) is -0.636. The number of aromatic nitrogens is 2.